The summed E-state index contributed by atoms with van der Waals surface area (Å²) in [5.74, 6) is -0.312. The molecule has 1 aliphatic heterocycles. The van der Waals surface area contributed by atoms with Crippen molar-refractivity contribution in [2.45, 2.75) is 25.8 Å². The van der Waals surface area contributed by atoms with Crippen LogP contribution in [0.2, 0.25) is 0 Å². The minimum atomic E-state index is -1.14. The maximum Gasteiger partial charge on any atom is 0.141 e. The highest BCUT2D eigenvalue weighted by molar-refractivity contribution is 7.20. The van der Waals surface area contributed by atoms with Gasteiger partial charge in [0.1, 0.15) is 17.0 Å². The smallest absolute Gasteiger partial charge is 0.141 e. The molecule has 0 aromatic carbocycles. The van der Waals surface area contributed by atoms with Gasteiger partial charge in [-0.3, -0.25) is 0 Å². The zero-order valence-electron chi connectivity index (χ0n) is 13.0. The lowest BCUT2D eigenvalue weighted by Crippen LogP contribution is -3.10. The van der Waals surface area contributed by atoms with E-state index in [2.05, 4.69) is 21.9 Å². The summed E-state index contributed by atoms with van der Waals surface area (Å²) in [5.41, 5.74) is 0.709. The highest BCUT2D eigenvalue weighted by Gasteiger charge is 2.26. The number of piperidine rings is 1. The Hall–Kier alpha value is -1.73. The van der Waals surface area contributed by atoms with Gasteiger partial charge in [0.2, 0.25) is 0 Å². The van der Waals surface area contributed by atoms with E-state index in [1.165, 1.54) is 17.7 Å². The molecule has 0 unspecified atom stereocenters. The molecular formula is C15H20N4O2S. The second-order valence-corrected chi connectivity index (χ2v) is 7.02. The average Bonchev–Trinajstić information content (AvgIpc) is 2.85. The summed E-state index contributed by atoms with van der Waals surface area (Å²) in [6.45, 7) is 4.11. The van der Waals surface area contributed by atoms with Gasteiger partial charge in [0.15, 0.2) is 0 Å². The molecule has 1 aliphatic rings. The number of carbonyl (C=O) groups is 1. The van der Waals surface area contributed by atoms with E-state index >= 15 is 0 Å². The number of rotatable bonds is 3. The molecule has 6 nitrogen and oxygen atoms in total. The maximum absolute atomic E-state index is 11.2. The molecule has 0 saturated carbocycles. The van der Waals surface area contributed by atoms with Crippen LogP contribution in [0.15, 0.2) is 6.33 Å². The first-order valence-corrected chi connectivity index (χ1v) is 8.30. The number of aromatic nitrogens is 2. The molecule has 2 aromatic rings. The van der Waals surface area contributed by atoms with Gasteiger partial charge in [-0.05, 0) is 12.5 Å². The Morgan fingerprint density at radius 2 is 2.09 bits per heavy atom. The van der Waals surface area contributed by atoms with E-state index in [9.17, 15) is 9.90 Å². The van der Waals surface area contributed by atoms with Crippen molar-refractivity contribution in [2.24, 2.45) is 0 Å². The Labute approximate surface area is 133 Å². The number of anilines is 1. The van der Waals surface area contributed by atoms with Crippen LogP contribution in [0.5, 0.6) is 0 Å². The predicted molar refractivity (Wildman–Crippen MR) is 84.5 cm³/mol. The fourth-order valence-electron chi connectivity index (χ4n) is 3.17. The first-order valence-electron chi connectivity index (χ1n) is 7.48. The van der Waals surface area contributed by atoms with Gasteiger partial charge in [-0.1, -0.05) is 0 Å². The highest BCUT2D eigenvalue weighted by atomic mass is 32.1. The Morgan fingerprint density at radius 3 is 2.73 bits per heavy atom. The van der Waals surface area contributed by atoms with E-state index in [4.69, 9.17) is 0 Å². The number of carboxylic acids is 1. The Balaban J connectivity index is 2.01. The SMILES string of the molecule is Cc1c(C(=O)[O-])sc2ncnc(N(C)C3CC[NH+](C)CC3)c12. The molecule has 3 heterocycles. The van der Waals surface area contributed by atoms with Crippen LogP contribution in [0.3, 0.4) is 0 Å². The van der Waals surface area contributed by atoms with Crippen LogP contribution in [-0.2, 0) is 0 Å². The zero-order chi connectivity index (χ0) is 15.9. The van der Waals surface area contributed by atoms with Crippen LogP contribution in [0.25, 0.3) is 10.2 Å². The molecule has 22 heavy (non-hydrogen) atoms. The normalized spacial score (nSPS) is 22.0. The van der Waals surface area contributed by atoms with Crippen molar-refractivity contribution in [3.63, 3.8) is 0 Å². The van der Waals surface area contributed by atoms with Gasteiger partial charge in [0.25, 0.3) is 0 Å². The third-order valence-electron chi connectivity index (χ3n) is 4.58. The van der Waals surface area contributed by atoms with Crippen LogP contribution in [-0.4, -0.2) is 49.2 Å². The van der Waals surface area contributed by atoms with Gasteiger partial charge >= 0.3 is 0 Å². The highest BCUT2D eigenvalue weighted by Crippen LogP contribution is 2.35. The quantitative estimate of drug-likeness (QED) is 0.823. The van der Waals surface area contributed by atoms with Gasteiger partial charge in [-0.15, -0.1) is 11.3 Å². The first-order chi connectivity index (χ1) is 10.5. The van der Waals surface area contributed by atoms with E-state index in [-0.39, 0.29) is 4.88 Å². The standard InChI is InChI=1S/C15H20N4O2S/c1-9-11-13(19(3)10-4-6-18(2)7-5-10)16-8-17-14(11)22-12(9)15(20)21/h8,10H,4-7H2,1-3H3,(H,20,21). The molecule has 1 N–H and O–H groups in total. The monoisotopic (exact) mass is 320 g/mol. The maximum atomic E-state index is 11.2. The van der Waals surface area contributed by atoms with Crippen molar-refractivity contribution < 1.29 is 14.8 Å². The van der Waals surface area contributed by atoms with Crippen molar-refractivity contribution >= 4 is 33.3 Å². The summed E-state index contributed by atoms with van der Waals surface area (Å²) >= 11 is 1.17. The summed E-state index contributed by atoms with van der Waals surface area (Å²) in [7, 11) is 4.26. The van der Waals surface area contributed by atoms with Crippen LogP contribution in [0.1, 0.15) is 28.1 Å². The summed E-state index contributed by atoms with van der Waals surface area (Å²) in [6.07, 6.45) is 3.75. The minimum absolute atomic E-state index is 0.248. The molecule has 3 rings (SSSR count). The van der Waals surface area contributed by atoms with Crippen molar-refractivity contribution in [1.82, 2.24) is 9.97 Å². The number of aromatic carboxylic acids is 1. The van der Waals surface area contributed by atoms with E-state index in [0.29, 0.717) is 16.4 Å². The number of quaternary nitrogens is 1. The van der Waals surface area contributed by atoms with E-state index in [1.807, 2.05) is 14.0 Å². The number of thiophene rings is 1. The van der Waals surface area contributed by atoms with Crippen LogP contribution >= 0.6 is 11.3 Å². The van der Waals surface area contributed by atoms with E-state index in [1.54, 1.807) is 4.90 Å². The predicted octanol–water partition coefficient (Wildman–Crippen LogP) is -0.523. The molecule has 1 saturated heterocycles. The lowest BCUT2D eigenvalue weighted by molar-refractivity contribution is -0.884. The number of carboxylic acid groups (broad SMARTS) is 1. The second kappa shape index (κ2) is 5.81. The van der Waals surface area contributed by atoms with Gasteiger partial charge in [-0.2, -0.15) is 0 Å². The number of carbonyl (C=O) groups excluding carboxylic acids is 1. The molecule has 118 valence electrons. The Morgan fingerprint density at radius 1 is 1.41 bits per heavy atom. The first kappa shape index (κ1) is 15.2. The van der Waals surface area contributed by atoms with E-state index < -0.39 is 5.97 Å². The number of likely N-dealkylation sites (tertiary alicyclic amines) is 1. The van der Waals surface area contributed by atoms with Crippen molar-refractivity contribution in [3.8, 4) is 0 Å². The van der Waals surface area contributed by atoms with Gasteiger partial charge in [0, 0.05) is 25.9 Å². The molecule has 0 amide bonds. The fourth-order valence-corrected chi connectivity index (χ4v) is 4.15. The molecule has 1 fully saturated rings. The average molecular weight is 320 g/mol. The fraction of sp³-hybridized carbons (Fsp3) is 0.533. The summed E-state index contributed by atoms with van der Waals surface area (Å²) in [4.78, 5) is 24.6. The number of aryl methyl sites for hydroxylation is 1. The number of fused-ring (bicyclic) bond motifs is 1. The summed E-state index contributed by atoms with van der Waals surface area (Å²) < 4.78 is 0. The van der Waals surface area contributed by atoms with Crippen LogP contribution in [0.4, 0.5) is 5.82 Å². The number of nitrogens with one attached hydrogen (secondary N) is 1. The molecule has 0 aliphatic carbocycles. The molecule has 7 heteroatoms. The van der Waals surface area contributed by atoms with Gasteiger partial charge in [-0.25, -0.2) is 9.97 Å². The molecule has 0 atom stereocenters. The second-order valence-electron chi connectivity index (χ2n) is 6.02. The molecule has 0 spiro atoms. The van der Waals surface area contributed by atoms with Gasteiger partial charge in [0.05, 0.1) is 36.4 Å². The van der Waals surface area contributed by atoms with Crippen LogP contribution in [0, 0.1) is 6.92 Å². The minimum Gasteiger partial charge on any atom is -0.544 e. The van der Waals surface area contributed by atoms with Crippen molar-refractivity contribution in [2.75, 3.05) is 32.1 Å². The Kier molecular flexibility index (Phi) is 4.01. The number of hydrogen-bond acceptors (Lipinski definition) is 6. The largest absolute Gasteiger partial charge is 0.544 e. The van der Waals surface area contributed by atoms with Crippen LogP contribution < -0.4 is 14.9 Å². The van der Waals surface area contributed by atoms with Gasteiger partial charge < -0.3 is 19.7 Å². The molecule has 2 aromatic heterocycles. The topological polar surface area (TPSA) is 73.6 Å². The lowest BCUT2D eigenvalue weighted by atomic mass is 10.0. The lowest BCUT2D eigenvalue weighted by Gasteiger charge is -2.34. The summed E-state index contributed by atoms with van der Waals surface area (Å²) in [6, 6.07) is 0.438. The Bertz CT molecular complexity index is 707. The third kappa shape index (κ3) is 2.55. The number of hydrogen-bond donors (Lipinski definition) is 1. The van der Waals surface area contributed by atoms with Crippen molar-refractivity contribution in [3.05, 3.63) is 16.8 Å². The molecular weight excluding hydrogens is 300 g/mol. The molecule has 0 bridgehead atoms. The summed E-state index contributed by atoms with van der Waals surface area (Å²) in [5, 5.41) is 12.1. The zero-order valence-corrected chi connectivity index (χ0v) is 13.9. The van der Waals surface area contributed by atoms with Crippen molar-refractivity contribution in [1.29, 1.82) is 0 Å². The molecule has 0 radical (unpaired) electrons. The number of nitrogens with zero attached hydrogens (tertiary/aromatic N) is 3. The van der Waals surface area contributed by atoms with E-state index in [0.717, 1.165) is 37.1 Å². The third-order valence-corrected chi connectivity index (χ3v) is 5.76.